The van der Waals surface area contributed by atoms with Gasteiger partial charge in [-0.15, -0.1) is 0 Å². The molecule has 0 spiro atoms. The largest absolute Gasteiger partial charge is 0.493 e. The van der Waals surface area contributed by atoms with E-state index in [0.29, 0.717) is 17.4 Å². The number of anilines is 1. The van der Waals surface area contributed by atoms with Crippen LogP contribution < -0.4 is 10.1 Å². The zero-order valence-corrected chi connectivity index (χ0v) is 13.4. The van der Waals surface area contributed by atoms with Crippen molar-refractivity contribution in [1.82, 2.24) is 9.97 Å². The van der Waals surface area contributed by atoms with E-state index in [4.69, 9.17) is 27.9 Å². The Morgan fingerprint density at radius 3 is 3.05 bits per heavy atom. The lowest BCUT2D eigenvalue weighted by molar-refractivity contribution is 0.354. The molecule has 0 amide bonds. The number of hydrogen-bond acceptors (Lipinski definition) is 4. The molecule has 0 saturated carbocycles. The molecule has 2 heterocycles. The average Bonchev–Trinajstić information content (AvgIpc) is 2.87. The molecule has 0 bridgehead atoms. The summed E-state index contributed by atoms with van der Waals surface area (Å²) in [7, 11) is 0. The lowest BCUT2D eigenvalue weighted by Gasteiger charge is -2.11. The normalized spacial score (nSPS) is 12.9. The summed E-state index contributed by atoms with van der Waals surface area (Å²) in [5.41, 5.74) is 2.26. The van der Waals surface area contributed by atoms with E-state index in [2.05, 4.69) is 37.3 Å². The first-order valence-electron chi connectivity index (χ1n) is 5.99. The van der Waals surface area contributed by atoms with E-state index in [1.165, 1.54) is 11.8 Å². The number of halogens is 3. The highest BCUT2D eigenvalue weighted by Gasteiger charge is 2.17. The van der Waals surface area contributed by atoms with Gasteiger partial charge >= 0.3 is 0 Å². The highest BCUT2D eigenvalue weighted by molar-refractivity contribution is 9.10. The maximum absolute atomic E-state index is 6.02. The third-order valence-corrected chi connectivity index (χ3v) is 3.90. The predicted octanol–water partition coefficient (Wildman–Crippen LogP) is 4.09. The van der Waals surface area contributed by atoms with Crippen molar-refractivity contribution in [2.24, 2.45) is 0 Å². The summed E-state index contributed by atoms with van der Waals surface area (Å²) in [6, 6.07) is 4.11. The van der Waals surface area contributed by atoms with Crippen LogP contribution in [-0.4, -0.2) is 16.6 Å². The molecular weight excluding hydrogens is 365 g/mol. The number of aromatic nitrogens is 2. The van der Waals surface area contributed by atoms with Gasteiger partial charge in [0.25, 0.3) is 0 Å². The first-order valence-corrected chi connectivity index (χ1v) is 7.54. The quantitative estimate of drug-likeness (QED) is 0.822. The SMILES string of the molecule is Clc1ncc(Cl)c(NCc2cc(Br)cc3c2OCC3)n1. The Morgan fingerprint density at radius 2 is 2.20 bits per heavy atom. The van der Waals surface area contributed by atoms with Gasteiger partial charge in [0.15, 0.2) is 0 Å². The Labute approximate surface area is 134 Å². The fraction of sp³-hybridized carbons (Fsp3) is 0.231. The van der Waals surface area contributed by atoms with Crippen molar-refractivity contribution in [3.05, 3.63) is 44.2 Å². The zero-order chi connectivity index (χ0) is 14.1. The van der Waals surface area contributed by atoms with Crippen LogP contribution in [0.25, 0.3) is 0 Å². The minimum Gasteiger partial charge on any atom is -0.493 e. The topological polar surface area (TPSA) is 47.0 Å². The van der Waals surface area contributed by atoms with Crippen LogP contribution in [0.1, 0.15) is 11.1 Å². The lowest BCUT2D eigenvalue weighted by atomic mass is 10.1. The van der Waals surface area contributed by atoms with Gasteiger partial charge in [0.2, 0.25) is 5.28 Å². The van der Waals surface area contributed by atoms with Crippen LogP contribution in [0.5, 0.6) is 5.75 Å². The molecule has 7 heteroatoms. The van der Waals surface area contributed by atoms with Gasteiger partial charge < -0.3 is 10.1 Å². The first kappa shape index (κ1) is 13.9. The van der Waals surface area contributed by atoms with Gasteiger partial charge in [0, 0.05) is 23.0 Å². The van der Waals surface area contributed by atoms with E-state index in [9.17, 15) is 0 Å². The molecule has 1 aliphatic heterocycles. The highest BCUT2D eigenvalue weighted by Crippen LogP contribution is 2.33. The molecule has 4 nitrogen and oxygen atoms in total. The third kappa shape index (κ3) is 2.85. The summed E-state index contributed by atoms with van der Waals surface area (Å²) >= 11 is 15.3. The van der Waals surface area contributed by atoms with Crippen molar-refractivity contribution in [1.29, 1.82) is 0 Å². The average molecular weight is 375 g/mol. The van der Waals surface area contributed by atoms with Crippen molar-refractivity contribution >= 4 is 44.9 Å². The summed E-state index contributed by atoms with van der Waals surface area (Å²) in [6.07, 6.45) is 2.41. The van der Waals surface area contributed by atoms with E-state index >= 15 is 0 Å². The molecule has 1 aromatic carbocycles. The van der Waals surface area contributed by atoms with E-state index < -0.39 is 0 Å². The number of nitrogens with zero attached hydrogens (tertiary/aromatic N) is 2. The van der Waals surface area contributed by atoms with Crippen LogP contribution in [0.15, 0.2) is 22.8 Å². The van der Waals surface area contributed by atoms with Crippen LogP contribution in [0.3, 0.4) is 0 Å². The van der Waals surface area contributed by atoms with Crippen LogP contribution in [0.4, 0.5) is 5.82 Å². The Morgan fingerprint density at radius 1 is 1.35 bits per heavy atom. The van der Waals surface area contributed by atoms with Crippen LogP contribution in [0, 0.1) is 0 Å². The number of fused-ring (bicyclic) bond motifs is 1. The zero-order valence-electron chi connectivity index (χ0n) is 10.3. The molecule has 3 rings (SSSR count). The molecule has 0 aliphatic carbocycles. The predicted molar refractivity (Wildman–Crippen MR) is 82.7 cm³/mol. The molecule has 1 aliphatic rings. The monoisotopic (exact) mass is 373 g/mol. The minimum absolute atomic E-state index is 0.160. The second-order valence-corrected chi connectivity index (χ2v) is 6.00. The van der Waals surface area contributed by atoms with Crippen LogP contribution >= 0.6 is 39.1 Å². The van der Waals surface area contributed by atoms with Crippen molar-refractivity contribution in [2.75, 3.05) is 11.9 Å². The number of ether oxygens (including phenoxy) is 1. The minimum atomic E-state index is 0.160. The van der Waals surface area contributed by atoms with Gasteiger partial charge in [-0.25, -0.2) is 4.98 Å². The summed E-state index contributed by atoms with van der Waals surface area (Å²) < 4.78 is 6.71. The number of benzene rings is 1. The molecule has 0 atom stereocenters. The standard InChI is InChI=1S/C13H10BrCl2N3O/c14-9-3-7-1-2-20-11(7)8(4-9)5-17-12-10(15)6-18-13(16)19-12/h3-4,6H,1-2,5H2,(H,17,18,19). The Hall–Kier alpha value is -1.04. The summed E-state index contributed by atoms with van der Waals surface area (Å²) in [5.74, 6) is 1.45. The fourth-order valence-corrected chi connectivity index (χ4v) is 2.97. The van der Waals surface area contributed by atoms with Gasteiger partial charge in [0.1, 0.15) is 16.6 Å². The molecule has 2 aromatic rings. The van der Waals surface area contributed by atoms with Crippen molar-refractivity contribution < 1.29 is 4.74 Å². The van der Waals surface area contributed by atoms with E-state index in [-0.39, 0.29) is 5.28 Å². The smallest absolute Gasteiger partial charge is 0.224 e. The van der Waals surface area contributed by atoms with Crippen molar-refractivity contribution in [3.8, 4) is 5.75 Å². The molecular formula is C13H10BrCl2N3O. The second-order valence-electron chi connectivity index (χ2n) is 4.34. The first-order chi connectivity index (χ1) is 9.63. The molecule has 0 radical (unpaired) electrons. The molecule has 0 saturated heterocycles. The molecule has 0 unspecified atom stereocenters. The van der Waals surface area contributed by atoms with Gasteiger partial charge in [0.05, 0.1) is 12.8 Å². The maximum atomic E-state index is 6.02. The van der Waals surface area contributed by atoms with Gasteiger partial charge in [-0.1, -0.05) is 27.5 Å². The van der Waals surface area contributed by atoms with E-state index in [1.54, 1.807) is 0 Å². The Balaban J connectivity index is 1.84. The number of rotatable bonds is 3. The van der Waals surface area contributed by atoms with Crippen molar-refractivity contribution in [3.63, 3.8) is 0 Å². The Bertz CT molecular complexity index is 666. The van der Waals surface area contributed by atoms with Crippen LogP contribution in [-0.2, 0) is 13.0 Å². The van der Waals surface area contributed by atoms with Gasteiger partial charge in [-0.05, 0) is 29.3 Å². The summed E-state index contributed by atoms with van der Waals surface area (Å²) in [5, 5.41) is 3.75. The van der Waals surface area contributed by atoms with Gasteiger partial charge in [-0.2, -0.15) is 4.98 Å². The molecule has 20 heavy (non-hydrogen) atoms. The molecule has 0 fully saturated rings. The van der Waals surface area contributed by atoms with Gasteiger partial charge in [-0.3, -0.25) is 0 Å². The number of nitrogens with one attached hydrogen (secondary N) is 1. The molecule has 1 aromatic heterocycles. The third-order valence-electron chi connectivity index (χ3n) is 2.99. The maximum Gasteiger partial charge on any atom is 0.224 e. The molecule has 1 N–H and O–H groups in total. The Kier molecular flexibility index (Phi) is 4.01. The lowest BCUT2D eigenvalue weighted by Crippen LogP contribution is -2.04. The van der Waals surface area contributed by atoms with Crippen LogP contribution in [0.2, 0.25) is 10.3 Å². The van der Waals surface area contributed by atoms with E-state index in [0.717, 1.165) is 28.8 Å². The number of hydrogen-bond donors (Lipinski definition) is 1. The fourth-order valence-electron chi connectivity index (χ4n) is 2.13. The highest BCUT2D eigenvalue weighted by atomic mass is 79.9. The second kappa shape index (κ2) is 5.76. The van der Waals surface area contributed by atoms with E-state index in [1.807, 2.05) is 6.07 Å². The summed E-state index contributed by atoms with van der Waals surface area (Å²) in [6.45, 7) is 1.27. The molecule has 104 valence electrons. The van der Waals surface area contributed by atoms with Crippen molar-refractivity contribution in [2.45, 2.75) is 13.0 Å². The summed E-state index contributed by atoms with van der Waals surface area (Å²) in [4.78, 5) is 7.88.